The van der Waals surface area contributed by atoms with E-state index in [1.807, 2.05) is 6.92 Å². The quantitative estimate of drug-likeness (QED) is 0.875. The van der Waals surface area contributed by atoms with E-state index in [9.17, 15) is 0 Å². The van der Waals surface area contributed by atoms with Crippen molar-refractivity contribution in [2.45, 2.75) is 45.2 Å². The summed E-state index contributed by atoms with van der Waals surface area (Å²) < 4.78 is 5.82. The van der Waals surface area contributed by atoms with Crippen molar-refractivity contribution in [1.82, 2.24) is 5.32 Å². The standard InChI is InChI=1S/C18H23NO/c1-2-20-18-12-11-14-7-3-6-10-16(14)17(18)13-19-15-8-4-5-9-15/h3,6-7,10-12,15,19H,2,4-5,8-9,13H2,1H3. The van der Waals surface area contributed by atoms with E-state index in [-0.39, 0.29) is 0 Å². The second-order valence-electron chi connectivity index (χ2n) is 5.56. The zero-order valence-electron chi connectivity index (χ0n) is 12.2. The van der Waals surface area contributed by atoms with Gasteiger partial charge in [-0.2, -0.15) is 0 Å². The summed E-state index contributed by atoms with van der Waals surface area (Å²) in [7, 11) is 0. The number of rotatable bonds is 5. The first kappa shape index (κ1) is 13.4. The molecule has 0 amide bonds. The van der Waals surface area contributed by atoms with Crippen LogP contribution in [-0.2, 0) is 6.54 Å². The summed E-state index contributed by atoms with van der Waals surface area (Å²) in [5, 5.41) is 6.31. The summed E-state index contributed by atoms with van der Waals surface area (Å²) in [5.41, 5.74) is 1.30. The van der Waals surface area contributed by atoms with Gasteiger partial charge in [0, 0.05) is 18.2 Å². The van der Waals surface area contributed by atoms with Gasteiger partial charge < -0.3 is 10.1 Å². The molecule has 0 saturated heterocycles. The Kier molecular flexibility index (Phi) is 4.22. The molecule has 2 aromatic rings. The van der Waals surface area contributed by atoms with Gasteiger partial charge in [0.1, 0.15) is 5.75 Å². The fourth-order valence-corrected chi connectivity index (χ4v) is 3.17. The van der Waals surface area contributed by atoms with Crippen LogP contribution in [0.5, 0.6) is 5.75 Å². The highest BCUT2D eigenvalue weighted by atomic mass is 16.5. The SMILES string of the molecule is CCOc1ccc2ccccc2c1CNC1CCCC1. The van der Waals surface area contributed by atoms with Crippen molar-refractivity contribution in [2.24, 2.45) is 0 Å². The van der Waals surface area contributed by atoms with Gasteiger partial charge in [0.05, 0.1) is 6.61 Å². The van der Waals surface area contributed by atoms with Gasteiger partial charge in [-0.05, 0) is 36.6 Å². The molecule has 106 valence electrons. The van der Waals surface area contributed by atoms with Crippen LogP contribution < -0.4 is 10.1 Å². The topological polar surface area (TPSA) is 21.3 Å². The molecule has 1 aliphatic carbocycles. The van der Waals surface area contributed by atoms with Crippen molar-refractivity contribution in [3.63, 3.8) is 0 Å². The minimum atomic E-state index is 0.684. The Morgan fingerprint density at radius 1 is 1.10 bits per heavy atom. The molecule has 3 rings (SSSR count). The Hall–Kier alpha value is -1.54. The molecule has 0 unspecified atom stereocenters. The molecule has 0 aromatic heterocycles. The zero-order valence-corrected chi connectivity index (χ0v) is 12.2. The van der Waals surface area contributed by atoms with E-state index in [2.05, 4.69) is 41.7 Å². The average Bonchev–Trinajstić information content (AvgIpc) is 2.99. The molecule has 0 atom stereocenters. The van der Waals surface area contributed by atoms with Crippen LogP contribution in [0.4, 0.5) is 0 Å². The molecule has 1 N–H and O–H groups in total. The molecule has 0 radical (unpaired) electrons. The van der Waals surface area contributed by atoms with Gasteiger partial charge in [0.25, 0.3) is 0 Å². The largest absolute Gasteiger partial charge is 0.494 e. The average molecular weight is 269 g/mol. The van der Waals surface area contributed by atoms with Crippen molar-refractivity contribution < 1.29 is 4.74 Å². The molecule has 1 saturated carbocycles. The number of benzene rings is 2. The van der Waals surface area contributed by atoms with Crippen molar-refractivity contribution in [2.75, 3.05) is 6.61 Å². The van der Waals surface area contributed by atoms with E-state index >= 15 is 0 Å². The number of hydrogen-bond acceptors (Lipinski definition) is 2. The number of fused-ring (bicyclic) bond motifs is 1. The van der Waals surface area contributed by atoms with Crippen LogP contribution in [0.25, 0.3) is 10.8 Å². The van der Waals surface area contributed by atoms with Crippen LogP contribution in [0, 0.1) is 0 Å². The first-order valence-electron chi connectivity index (χ1n) is 7.75. The molecule has 0 heterocycles. The Labute approximate surface area is 121 Å². The first-order chi connectivity index (χ1) is 9.88. The molecule has 1 fully saturated rings. The minimum absolute atomic E-state index is 0.684. The molecular weight excluding hydrogens is 246 g/mol. The van der Waals surface area contributed by atoms with Gasteiger partial charge in [0.15, 0.2) is 0 Å². The predicted molar refractivity (Wildman–Crippen MR) is 84.2 cm³/mol. The molecule has 2 aromatic carbocycles. The smallest absolute Gasteiger partial charge is 0.124 e. The molecule has 0 aliphatic heterocycles. The summed E-state index contributed by atoms with van der Waals surface area (Å²) in [6, 6.07) is 13.5. The Bertz CT molecular complexity index is 573. The third-order valence-electron chi connectivity index (χ3n) is 4.22. The van der Waals surface area contributed by atoms with Crippen molar-refractivity contribution in [3.8, 4) is 5.75 Å². The summed E-state index contributed by atoms with van der Waals surface area (Å²) in [4.78, 5) is 0. The van der Waals surface area contributed by atoms with Crippen molar-refractivity contribution in [3.05, 3.63) is 42.0 Å². The number of nitrogens with one attached hydrogen (secondary N) is 1. The summed E-state index contributed by atoms with van der Waals surface area (Å²) >= 11 is 0. The molecule has 20 heavy (non-hydrogen) atoms. The van der Waals surface area contributed by atoms with E-state index in [0.29, 0.717) is 6.04 Å². The molecule has 0 bridgehead atoms. The van der Waals surface area contributed by atoms with E-state index < -0.39 is 0 Å². The maximum atomic E-state index is 5.82. The third kappa shape index (κ3) is 2.80. The second-order valence-corrected chi connectivity index (χ2v) is 5.56. The fourth-order valence-electron chi connectivity index (χ4n) is 3.17. The van der Waals surface area contributed by atoms with Gasteiger partial charge in [-0.1, -0.05) is 43.2 Å². The van der Waals surface area contributed by atoms with Crippen molar-refractivity contribution >= 4 is 10.8 Å². The molecule has 2 nitrogen and oxygen atoms in total. The van der Waals surface area contributed by atoms with E-state index in [1.54, 1.807) is 0 Å². The van der Waals surface area contributed by atoms with Gasteiger partial charge in [-0.3, -0.25) is 0 Å². The van der Waals surface area contributed by atoms with Crippen LogP contribution in [-0.4, -0.2) is 12.6 Å². The summed E-state index contributed by atoms with van der Waals surface area (Å²) in [6.45, 7) is 3.67. The van der Waals surface area contributed by atoms with Gasteiger partial charge in [-0.25, -0.2) is 0 Å². The lowest BCUT2D eigenvalue weighted by Gasteiger charge is -2.17. The second kappa shape index (κ2) is 6.27. The summed E-state index contributed by atoms with van der Waals surface area (Å²) in [6.07, 6.45) is 5.36. The fraction of sp³-hybridized carbons (Fsp3) is 0.444. The maximum absolute atomic E-state index is 5.82. The van der Waals surface area contributed by atoms with E-state index in [4.69, 9.17) is 4.74 Å². The van der Waals surface area contributed by atoms with E-state index in [1.165, 1.54) is 42.0 Å². The van der Waals surface area contributed by atoms with E-state index in [0.717, 1.165) is 18.9 Å². The van der Waals surface area contributed by atoms with Gasteiger partial charge in [0.2, 0.25) is 0 Å². The lowest BCUT2D eigenvalue weighted by molar-refractivity contribution is 0.335. The van der Waals surface area contributed by atoms with Crippen LogP contribution in [0.3, 0.4) is 0 Å². The minimum Gasteiger partial charge on any atom is -0.494 e. The Balaban J connectivity index is 1.89. The summed E-state index contributed by atoms with van der Waals surface area (Å²) in [5.74, 6) is 1.02. The number of hydrogen-bond donors (Lipinski definition) is 1. The van der Waals surface area contributed by atoms with Gasteiger partial charge in [-0.15, -0.1) is 0 Å². The monoisotopic (exact) mass is 269 g/mol. The predicted octanol–water partition coefficient (Wildman–Crippen LogP) is 4.27. The van der Waals surface area contributed by atoms with Crippen LogP contribution in [0.2, 0.25) is 0 Å². The molecule has 0 spiro atoms. The first-order valence-corrected chi connectivity index (χ1v) is 7.75. The van der Waals surface area contributed by atoms with Crippen molar-refractivity contribution in [1.29, 1.82) is 0 Å². The Morgan fingerprint density at radius 3 is 2.70 bits per heavy atom. The number of ether oxygens (including phenoxy) is 1. The zero-order chi connectivity index (χ0) is 13.8. The highest BCUT2D eigenvalue weighted by molar-refractivity contribution is 5.87. The molecular formula is C18H23NO. The molecule has 1 aliphatic rings. The highest BCUT2D eigenvalue weighted by Gasteiger charge is 2.16. The normalized spacial score (nSPS) is 15.8. The van der Waals surface area contributed by atoms with Crippen LogP contribution in [0.1, 0.15) is 38.2 Å². The maximum Gasteiger partial charge on any atom is 0.124 e. The lowest BCUT2D eigenvalue weighted by atomic mass is 10.0. The lowest BCUT2D eigenvalue weighted by Crippen LogP contribution is -2.25. The van der Waals surface area contributed by atoms with Crippen LogP contribution >= 0.6 is 0 Å². The van der Waals surface area contributed by atoms with Gasteiger partial charge >= 0.3 is 0 Å². The third-order valence-corrected chi connectivity index (χ3v) is 4.22. The highest BCUT2D eigenvalue weighted by Crippen LogP contribution is 2.29. The molecule has 2 heteroatoms. The van der Waals surface area contributed by atoms with Crippen LogP contribution in [0.15, 0.2) is 36.4 Å². The Morgan fingerprint density at radius 2 is 1.90 bits per heavy atom.